The summed E-state index contributed by atoms with van der Waals surface area (Å²) in [5.41, 5.74) is 5.20. The fraction of sp³-hybridized carbons (Fsp3) is 0.0172. The minimum Gasteiger partial charge on any atom is -0.454 e. The van der Waals surface area contributed by atoms with Crippen LogP contribution in [0.15, 0.2) is 199 Å². The van der Waals surface area contributed by atoms with Gasteiger partial charge < -0.3 is 13.6 Å². The summed E-state index contributed by atoms with van der Waals surface area (Å²) in [6.07, 6.45) is -4.88. The molecule has 0 fully saturated rings. The van der Waals surface area contributed by atoms with E-state index < -0.39 is 11.7 Å². The van der Waals surface area contributed by atoms with E-state index in [1.807, 2.05) is 144 Å². The maximum absolute atomic E-state index is 16.7. The minimum atomic E-state index is -4.88. The average molecular weight is 904 g/mol. The van der Waals surface area contributed by atoms with E-state index in [0.29, 0.717) is 50.2 Å². The van der Waals surface area contributed by atoms with Gasteiger partial charge in [-0.15, -0.1) is 11.3 Å². The highest BCUT2D eigenvalue weighted by molar-refractivity contribution is 7.27. The molecule has 0 saturated carbocycles. The molecule has 14 aromatic rings. The van der Waals surface area contributed by atoms with Gasteiger partial charge in [0.05, 0.1) is 27.6 Å². The number of thiophene rings is 1. The lowest BCUT2D eigenvalue weighted by Crippen LogP contribution is -2.12. The van der Waals surface area contributed by atoms with Gasteiger partial charge in [-0.1, -0.05) is 152 Å². The summed E-state index contributed by atoms with van der Waals surface area (Å²) >= 11 is 1.66. The highest BCUT2D eigenvalue weighted by Crippen LogP contribution is 2.54. The van der Waals surface area contributed by atoms with Crippen molar-refractivity contribution < 1.29 is 17.6 Å². The minimum absolute atomic E-state index is 0.0676. The standard InChI is InChI=1S/C58H32F3N5OS/c59-58(60,61)41-32-40(57-63-55(33-18-4-1-5-19-33)62-56(64-57)34-20-6-2-7-21-34)46-38-26-12-16-30-44(38)67-53(46)50(41)66-43-29-15-10-24-36(43)47-51-48(54-49(52(47)66)39-27-13-17-31-45(39)68-54)37-25-11-14-28-42(37)65(51)35-22-8-3-9-23-35/h1-32H. The molecule has 5 heterocycles. The maximum Gasteiger partial charge on any atom is 0.418 e. The van der Waals surface area contributed by atoms with Crippen molar-refractivity contribution in [3.8, 4) is 45.5 Å². The van der Waals surface area contributed by atoms with Gasteiger partial charge in [-0.2, -0.15) is 13.2 Å². The first-order chi connectivity index (χ1) is 33.4. The van der Waals surface area contributed by atoms with E-state index in [1.54, 1.807) is 17.4 Å². The van der Waals surface area contributed by atoms with Crippen LogP contribution in [0.4, 0.5) is 13.2 Å². The zero-order valence-corrected chi connectivity index (χ0v) is 36.5. The van der Waals surface area contributed by atoms with Gasteiger partial charge in [-0.05, 0) is 42.5 Å². The Morgan fingerprint density at radius 2 is 0.956 bits per heavy atom. The molecule has 9 aromatic carbocycles. The number of halogens is 3. The first-order valence-corrected chi connectivity index (χ1v) is 23.0. The molecule has 0 aliphatic heterocycles. The zero-order chi connectivity index (χ0) is 45.3. The molecule has 0 aliphatic rings. The summed E-state index contributed by atoms with van der Waals surface area (Å²) in [4.78, 5) is 14.8. The van der Waals surface area contributed by atoms with Crippen molar-refractivity contribution >= 4 is 97.1 Å². The van der Waals surface area contributed by atoms with E-state index in [2.05, 4.69) is 47.0 Å². The summed E-state index contributed by atoms with van der Waals surface area (Å²) in [5, 5.41) is 6.68. The third kappa shape index (κ3) is 5.55. The lowest BCUT2D eigenvalue weighted by Gasteiger charge is -2.19. The summed E-state index contributed by atoms with van der Waals surface area (Å²) in [5.74, 6) is 0.758. The molecule has 68 heavy (non-hydrogen) atoms. The van der Waals surface area contributed by atoms with E-state index in [9.17, 15) is 0 Å². The number of nitrogens with zero attached hydrogens (tertiary/aromatic N) is 5. The van der Waals surface area contributed by atoms with Crippen molar-refractivity contribution in [2.24, 2.45) is 0 Å². The normalized spacial score (nSPS) is 12.3. The Hall–Kier alpha value is -8.60. The van der Waals surface area contributed by atoms with Gasteiger partial charge in [0.2, 0.25) is 0 Å². The summed E-state index contributed by atoms with van der Waals surface area (Å²) in [6, 6.07) is 62.0. The number of hydrogen-bond acceptors (Lipinski definition) is 5. The Bertz CT molecular complexity index is 4300. The van der Waals surface area contributed by atoms with Gasteiger partial charge in [0.25, 0.3) is 0 Å². The molecule has 10 heteroatoms. The molecule has 5 aromatic heterocycles. The van der Waals surface area contributed by atoms with Crippen molar-refractivity contribution in [2.75, 3.05) is 0 Å². The molecule has 0 aliphatic carbocycles. The van der Waals surface area contributed by atoms with Gasteiger partial charge in [-0.25, -0.2) is 15.0 Å². The molecule has 0 atom stereocenters. The first kappa shape index (κ1) is 38.6. The second-order valence-corrected chi connectivity index (χ2v) is 18.0. The number of furan rings is 1. The van der Waals surface area contributed by atoms with Crippen LogP contribution in [0.1, 0.15) is 5.56 Å². The second-order valence-electron chi connectivity index (χ2n) is 16.9. The Balaban J connectivity index is 1.21. The highest BCUT2D eigenvalue weighted by Gasteiger charge is 2.40. The average Bonchev–Trinajstić information content (AvgIpc) is 4.14. The SMILES string of the molecule is FC(F)(F)c1cc(-c2nc(-c3ccccc3)nc(-c3ccccc3)n2)c2c(oc3ccccc32)c1-n1c2ccccc2c2c3c(c4ccccc4n3-c3ccccc3)c3sc4ccccc4c3c21. The summed E-state index contributed by atoms with van der Waals surface area (Å²) in [6.45, 7) is 0. The Morgan fingerprint density at radius 1 is 0.456 bits per heavy atom. The number of para-hydroxylation sites is 4. The molecule has 322 valence electrons. The number of benzene rings is 9. The lowest BCUT2D eigenvalue weighted by atomic mass is 9.99. The number of rotatable bonds is 5. The third-order valence-corrected chi connectivity index (χ3v) is 14.3. The molecule has 0 amide bonds. The van der Waals surface area contributed by atoms with Crippen LogP contribution in [0, 0.1) is 0 Å². The molecule has 0 radical (unpaired) electrons. The van der Waals surface area contributed by atoms with Crippen LogP contribution in [-0.2, 0) is 6.18 Å². The number of hydrogen-bond donors (Lipinski definition) is 0. The van der Waals surface area contributed by atoms with Crippen LogP contribution in [0.2, 0.25) is 0 Å². The van der Waals surface area contributed by atoms with Crippen molar-refractivity contribution in [3.63, 3.8) is 0 Å². The smallest absolute Gasteiger partial charge is 0.418 e. The van der Waals surface area contributed by atoms with Crippen molar-refractivity contribution in [1.82, 2.24) is 24.1 Å². The third-order valence-electron chi connectivity index (χ3n) is 13.2. The van der Waals surface area contributed by atoms with Gasteiger partial charge in [0.15, 0.2) is 23.1 Å². The number of fused-ring (bicyclic) bond motifs is 15. The van der Waals surface area contributed by atoms with Crippen LogP contribution >= 0.6 is 11.3 Å². The summed E-state index contributed by atoms with van der Waals surface area (Å²) < 4.78 is 63.0. The number of aromatic nitrogens is 5. The molecule has 0 unspecified atom stereocenters. The van der Waals surface area contributed by atoms with Crippen LogP contribution < -0.4 is 0 Å². The predicted molar refractivity (Wildman–Crippen MR) is 270 cm³/mol. The van der Waals surface area contributed by atoms with Gasteiger partial charge in [0, 0.05) is 74.9 Å². The van der Waals surface area contributed by atoms with Crippen molar-refractivity contribution in [1.29, 1.82) is 0 Å². The molecule has 14 rings (SSSR count). The molecule has 6 nitrogen and oxygen atoms in total. The Labute approximate surface area is 388 Å². The fourth-order valence-corrected chi connectivity index (χ4v) is 11.7. The van der Waals surface area contributed by atoms with Crippen LogP contribution in [0.3, 0.4) is 0 Å². The van der Waals surface area contributed by atoms with E-state index in [1.165, 1.54) is 6.07 Å². The zero-order valence-electron chi connectivity index (χ0n) is 35.7. The summed E-state index contributed by atoms with van der Waals surface area (Å²) in [7, 11) is 0. The van der Waals surface area contributed by atoms with Gasteiger partial charge in [-0.3, -0.25) is 0 Å². The largest absolute Gasteiger partial charge is 0.454 e. The first-order valence-electron chi connectivity index (χ1n) is 22.2. The van der Waals surface area contributed by atoms with E-state index in [-0.39, 0.29) is 22.7 Å². The van der Waals surface area contributed by atoms with E-state index in [4.69, 9.17) is 19.4 Å². The van der Waals surface area contributed by atoms with Gasteiger partial charge in [0.1, 0.15) is 11.3 Å². The Kier molecular flexibility index (Phi) is 8.21. The van der Waals surface area contributed by atoms with Crippen LogP contribution in [0.5, 0.6) is 0 Å². The van der Waals surface area contributed by atoms with Gasteiger partial charge >= 0.3 is 6.18 Å². The predicted octanol–water partition coefficient (Wildman–Crippen LogP) is 16.4. The Morgan fingerprint density at radius 3 is 1.62 bits per heavy atom. The monoisotopic (exact) mass is 903 g/mol. The molecular weight excluding hydrogens is 872 g/mol. The molecule has 0 bridgehead atoms. The fourth-order valence-electron chi connectivity index (χ4n) is 10.4. The lowest BCUT2D eigenvalue weighted by molar-refractivity contribution is -0.137. The van der Waals surface area contributed by atoms with E-state index in [0.717, 1.165) is 58.4 Å². The quantitative estimate of drug-likeness (QED) is 0.173. The number of alkyl halides is 3. The van der Waals surface area contributed by atoms with Crippen molar-refractivity contribution in [3.05, 3.63) is 200 Å². The van der Waals surface area contributed by atoms with Crippen molar-refractivity contribution in [2.45, 2.75) is 6.18 Å². The maximum atomic E-state index is 16.7. The van der Waals surface area contributed by atoms with Crippen LogP contribution in [0.25, 0.3) is 131 Å². The second kappa shape index (κ2) is 14.4. The molecule has 0 spiro atoms. The molecule has 0 saturated heterocycles. The molecule has 0 N–H and O–H groups in total. The highest BCUT2D eigenvalue weighted by atomic mass is 32.1. The topological polar surface area (TPSA) is 61.7 Å². The van der Waals surface area contributed by atoms with Crippen LogP contribution in [-0.4, -0.2) is 24.1 Å². The van der Waals surface area contributed by atoms with E-state index >= 15 is 13.2 Å². The molecular formula is C58H32F3N5OS.